The molecule has 5 N–H and O–H groups in total. The molecular formula is C60H76N12O9S. The number of para-hydroxylation sites is 1. The Morgan fingerprint density at radius 3 is 2.28 bits per heavy atom. The number of carbonyl (C=O) groups is 2. The first kappa shape index (κ1) is 56.9. The second kappa shape index (κ2) is 26.1. The number of ether oxygens (including phenoxy) is 4. The smallest absolute Gasteiger partial charge is 0.254 e. The summed E-state index contributed by atoms with van der Waals surface area (Å²) in [5.41, 5.74) is 14.3. The van der Waals surface area contributed by atoms with Crippen LogP contribution in [0.2, 0.25) is 0 Å². The van der Waals surface area contributed by atoms with E-state index in [1.165, 1.54) is 4.90 Å². The van der Waals surface area contributed by atoms with E-state index in [0.29, 0.717) is 80.1 Å². The van der Waals surface area contributed by atoms with E-state index >= 15 is 0 Å². The van der Waals surface area contributed by atoms with Gasteiger partial charge in [0.1, 0.15) is 30.9 Å². The van der Waals surface area contributed by atoms with Crippen LogP contribution in [0.3, 0.4) is 0 Å². The first-order valence-electron chi connectivity index (χ1n) is 28.9. The number of nitrogens with two attached hydrogens (primary N) is 1. The maximum atomic E-state index is 14.6. The predicted octanol–water partition coefficient (Wildman–Crippen LogP) is 6.18. The number of rotatable bonds is 22. The summed E-state index contributed by atoms with van der Waals surface area (Å²) in [6.07, 6.45) is 5.05. The molecule has 22 heteroatoms. The SMILES string of the molecule is Cc1ncsc1-c1ccc([C@@H](COCC2CCOCC2)NC(=O)[C@@H]2C[C@@H](O)CN2C(=O)[C@@H](c2cc(OCCN3CCN(CCOc4cc(N5C6CCC5CN(c5cc(-c7ccccc7O)nnc5N)C6)ccn4)CC3)no2)C(C)C)cc1. The van der Waals surface area contributed by atoms with E-state index in [1.54, 1.807) is 29.5 Å². The van der Waals surface area contributed by atoms with E-state index in [1.807, 2.05) is 74.9 Å². The molecule has 11 rings (SSSR count). The number of benzene rings is 2. The lowest BCUT2D eigenvalue weighted by Crippen LogP contribution is -2.54. The zero-order valence-corrected chi connectivity index (χ0v) is 47.9. The van der Waals surface area contributed by atoms with Crippen molar-refractivity contribution in [3.63, 3.8) is 0 Å². The maximum Gasteiger partial charge on any atom is 0.254 e. The van der Waals surface area contributed by atoms with Crippen molar-refractivity contribution in [1.29, 1.82) is 0 Å². The Morgan fingerprint density at radius 2 is 1.59 bits per heavy atom. The number of hydrogen-bond acceptors (Lipinski definition) is 20. The molecule has 436 valence electrons. The van der Waals surface area contributed by atoms with Crippen LogP contribution in [0.4, 0.5) is 17.2 Å². The molecule has 82 heavy (non-hydrogen) atoms. The number of aliphatic hydroxyl groups excluding tert-OH is 1. The van der Waals surface area contributed by atoms with Gasteiger partial charge in [0.25, 0.3) is 5.88 Å². The van der Waals surface area contributed by atoms with E-state index < -0.39 is 24.1 Å². The van der Waals surface area contributed by atoms with Gasteiger partial charge in [-0.1, -0.05) is 50.2 Å². The minimum atomic E-state index is -0.899. The Morgan fingerprint density at radius 1 is 0.866 bits per heavy atom. The Labute approximate surface area is 482 Å². The number of likely N-dealkylation sites (tertiary alicyclic amines) is 1. The van der Waals surface area contributed by atoms with Crippen LogP contribution in [0, 0.1) is 18.8 Å². The number of aromatic hydroxyl groups is 1. The van der Waals surface area contributed by atoms with Gasteiger partial charge in [-0.15, -0.1) is 21.5 Å². The lowest BCUT2D eigenvalue weighted by molar-refractivity contribution is -0.141. The molecule has 6 atom stereocenters. The molecule has 0 saturated carbocycles. The Balaban J connectivity index is 0.630. The fourth-order valence-corrected chi connectivity index (χ4v) is 13.1. The predicted molar refractivity (Wildman–Crippen MR) is 311 cm³/mol. The number of aromatic nitrogens is 5. The zero-order valence-electron chi connectivity index (χ0n) is 47.1. The number of β-amino-alcohol motifs (C(OH)–C–C–N with tert-alkyl or cyclic N) is 1. The van der Waals surface area contributed by atoms with Crippen molar-refractivity contribution in [3.8, 4) is 39.2 Å². The highest BCUT2D eigenvalue weighted by Crippen LogP contribution is 2.40. The minimum absolute atomic E-state index is 0.0207. The highest BCUT2D eigenvalue weighted by Gasteiger charge is 2.44. The second-order valence-corrected chi connectivity index (χ2v) is 23.5. The number of pyridine rings is 1. The number of nitrogens with zero attached hydrogens (tertiary/aromatic N) is 10. The lowest BCUT2D eigenvalue weighted by atomic mass is 9.91. The molecule has 5 saturated heterocycles. The van der Waals surface area contributed by atoms with E-state index in [0.717, 1.165) is 105 Å². The molecule has 2 unspecified atom stereocenters. The third-order valence-electron chi connectivity index (χ3n) is 16.8. The zero-order chi connectivity index (χ0) is 56.7. The lowest BCUT2D eigenvalue weighted by Gasteiger charge is -2.43. The fourth-order valence-electron chi connectivity index (χ4n) is 12.3. The van der Waals surface area contributed by atoms with Gasteiger partial charge >= 0.3 is 0 Å². The topological polar surface area (TPSA) is 243 Å². The number of carbonyl (C=O) groups excluding carboxylic acids is 2. The first-order chi connectivity index (χ1) is 39.9. The van der Waals surface area contributed by atoms with Gasteiger partial charge in [-0.05, 0) is 85.0 Å². The molecule has 4 aromatic heterocycles. The summed E-state index contributed by atoms with van der Waals surface area (Å²) in [5, 5.41) is 37.4. The van der Waals surface area contributed by atoms with Gasteiger partial charge in [-0.3, -0.25) is 19.4 Å². The molecule has 5 fully saturated rings. The third-order valence-corrected chi connectivity index (χ3v) is 17.8. The number of phenolic OH excluding ortho intramolecular Hbond substituents is 1. The molecule has 0 spiro atoms. The molecule has 0 radical (unpaired) electrons. The van der Waals surface area contributed by atoms with Gasteiger partial charge in [0.2, 0.25) is 17.7 Å². The van der Waals surface area contributed by atoms with Crippen molar-refractivity contribution in [2.45, 2.75) is 89.1 Å². The van der Waals surface area contributed by atoms with Gasteiger partial charge in [-0.2, -0.15) is 0 Å². The van der Waals surface area contributed by atoms with Crippen molar-refractivity contribution in [3.05, 3.63) is 102 Å². The monoisotopic (exact) mass is 1140 g/mol. The Hall–Kier alpha value is -6.95. The van der Waals surface area contributed by atoms with Crippen molar-refractivity contribution in [1.82, 2.24) is 45.3 Å². The van der Waals surface area contributed by atoms with Crippen molar-refractivity contribution < 1.29 is 43.3 Å². The normalized spacial score (nSPS) is 21.5. The van der Waals surface area contributed by atoms with E-state index in [9.17, 15) is 19.8 Å². The molecule has 5 aliphatic heterocycles. The number of hydrogen-bond donors (Lipinski definition) is 4. The van der Waals surface area contributed by atoms with Gasteiger partial charge < -0.3 is 59.4 Å². The van der Waals surface area contributed by atoms with Gasteiger partial charge in [0.15, 0.2) is 11.6 Å². The summed E-state index contributed by atoms with van der Waals surface area (Å²) in [6.45, 7) is 15.6. The maximum absolute atomic E-state index is 14.6. The molecular weight excluding hydrogens is 1060 g/mol. The second-order valence-electron chi connectivity index (χ2n) is 22.7. The van der Waals surface area contributed by atoms with Gasteiger partial charge in [0.05, 0.1) is 46.2 Å². The van der Waals surface area contributed by atoms with Crippen LogP contribution in [-0.2, 0) is 19.1 Å². The summed E-state index contributed by atoms with van der Waals surface area (Å²) in [5.74, 6) is 0.532. The average Bonchev–Trinajstić information content (AvgIpc) is 4.41. The summed E-state index contributed by atoms with van der Waals surface area (Å²) in [6, 6.07) is 22.1. The molecule has 6 aromatic rings. The van der Waals surface area contributed by atoms with Crippen LogP contribution in [0.5, 0.6) is 17.5 Å². The minimum Gasteiger partial charge on any atom is -0.507 e. The van der Waals surface area contributed by atoms with E-state index in [-0.39, 0.29) is 55.1 Å². The highest BCUT2D eigenvalue weighted by molar-refractivity contribution is 7.13. The molecule has 5 aliphatic rings. The number of nitrogen functional groups attached to an aromatic ring is 1. The largest absolute Gasteiger partial charge is 0.507 e. The summed E-state index contributed by atoms with van der Waals surface area (Å²) in [4.78, 5) is 50.0. The van der Waals surface area contributed by atoms with Crippen LogP contribution in [-0.4, -0.2) is 185 Å². The van der Waals surface area contributed by atoms with Crippen molar-refractivity contribution in [2.24, 2.45) is 11.8 Å². The quantitative estimate of drug-likeness (QED) is 0.0593. The molecule has 9 heterocycles. The number of anilines is 3. The first-order valence-corrected chi connectivity index (χ1v) is 29.8. The Kier molecular flexibility index (Phi) is 18.1. The van der Waals surface area contributed by atoms with Crippen LogP contribution in [0.15, 0.2) is 89.0 Å². The standard InChI is InChI=1S/C60H76N12O9S/c1-38(2)56(60(76)71-34-46(73)29-51(71)59(75)64-49(36-78-35-40-15-24-77-25-16-40)41-8-10-42(11-9-41)57-39(3)63-37-82-57)53-31-55(67-81-53)80-27-23-69-20-18-68(19-21-69)22-26-79-54-28-43(14-17-62-54)72-44-12-13-45(72)33-70(32-44)50-30-48(65-66-58(50)61)47-6-4-5-7-52(47)74/h4-11,14,17,28,30-31,37-38,40,44-46,49,51,56,73-74H,12-13,15-16,18-27,29,32-36H2,1-3H3,(H2,61,66)(H,64,75)/t44?,45?,46-,49-,51+,56-/m1/s1. The number of aryl methyl sites for hydroxylation is 1. The van der Waals surface area contributed by atoms with Crippen molar-refractivity contribution in [2.75, 3.05) is 114 Å². The molecule has 0 aliphatic carbocycles. The molecule has 21 nitrogen and oxygen atoms in total. The number of piperazine rings is 2. The summed E-state index contributed by atoms with van der Waals surface area (Å²) < 4.78 is 30.0. The van der Waals surface area contributed by atoms with Crippen LogP contribution >= 0.6 is 11.3 Å². The third kappa shape index (κ3) is 13.3. The van der Waals surface area contributed by atoms with Crippen LogP contribution < -0.4 is 30.3 Å². The number of fused-ring (bicyclic) bond motifs is 2. The van der Waals surface area contributed by atoms with E-state index in [2.05, 4.69) is 62.4 Å². The molecule has 2 amide bonds. The molecule has 2 bridgehead atoms. The number of aliphatic hydroxyl groups is 1. The van der Waals surface area contributed by atoms with Crippen LogP contribution in [0.1, 0.15) is 74.9 Å². The van der Waals surface area contributed by atoms with Crippen molar-refractivity contribution >= 4 is 40.3 Å². The summed E-state index contributed by atoms with van der Waals surface area (Å²) >= 11 is 1.59. The van der Waals surface area contributed by atoms with Crippen LogP contribution in [0.25, 0.3) is 21.7 Å². The number of thiazole rings is 1. The highest BCUT2D eigenvalue weighted by atomic mass is 32.1. The number of phenols is 1. The average molecular weight is 1140 g/mol. The van der Waals surface area contributed by atoms with Gasteiger partial charge in [0, 0.05) is 127 Å². The Bertz CT molecular complexity index is 3080. The molecule has 2 aromatic carbocycles. The van der Waals surface area contributed by atoms with E-state index in [4.69, 9.17) is 29.2 Å². The number of amides is 2. The fraction of sp³-hybridized carbons (Fsp3) is 0.517. The summed E-state index contributed by atoms with van der Waals surface area (Å²) in [7, 11) is 0. The number of nitrogens with one attached hydrogen (secondary N) is 1. The van der Waals surface area contributed by atoms with Gasteiger partial charge in [-0.25, -0.2) is 9.97 Å².